The van der Waals surface area contributed by atoms with E-state index in [-0.39, 0.29) is 5.60 Å². The van der Waals surface area contributed by atoms with Gasteiger partial charge in [-0.2, -0.15) is 0 Å². The Bertz CT molecular complexity index is 129. The van der Waals surface area contributed by atoms with E-state index in [0.29, 0.717) is 13.0 Å². The van der Waals surface area contributed by atoms with Crippen molar-refractivity contribution in [2.24, 2.45) is 0 Å². The van der Waals surface area contributed by atoms with Crippen LogP contribution >= 0.6 is 0 Å². The average molecular weight is 172 g/mol. The van der Waals surface area contributed by atoms with Gasteiger partial charge in [-0.15, -0.1) is 0 Å². The predicted molar refractivity (Wildman–Crippen MR) is 48.2 cm³/mol. The van der Waals surface area contributed by atoms with E-state index in [1.807, 2.05) is 20.8 Å². The highest BCUT2D eigenvalue weighted by molar-refractivity contribution is 5.44. The first-order valence-corrected chi connectivity index (χ1v) is 4.20. The van der Waals surface area contributed by atoms with Crippen molar-refractivity contribution in [3.8, 4) is 0 Å². The largest absolute Gasteiger partial charge is 0.276 e. The topological polar surface area (TPSA) is 29.5 Å². The molecule has 0 aliphatic carbocycles. The molecule has 0 saturated heterocycles. The second-order valence-electron chi connectivity index (χ2n) is 3.66. The molecule has 0 spiro atoms. The number of unbranched alkanes of at least 4 members (excludes halogenated alkanes) is 1. The first-order valence-electron chi connectivity index (χ1n) is 4.20. The monoisotopic (exact) mass is 172 g/mol. The number of hydroxylamine groups is 2. The Kier molecular flexibility index (Phi) is 4.90. The fraction of sp³-hybridized carbons (Fsp3) is 0.778. The lowest BCUT2D eigenvalue weighted by Gasteiger charge is -2.26. The summed E-state index contributed by atoms with van der Waals surface area (Å²) in [6.45, 7) is 10.0. The maximum absolute atomic E-state index is 10.5. The third kappa shape index (κ3) is 6.16. The van der Waals surface area contributed by atoms with Crippen LogP contribution in [0.5, 0.6) is 0 Å². The van der Waals surface area contributed by atoms with Crippen LogP contribution in [0, 0.1) is 6.92 Å². The molecule has 0 atom stereocenters. The molecule has 1 amide bonds. The van der Waals surface area contributed by atoms with Gasteiger partial charge in [0.1, 0.15) is 0 Å². The lowest BCUT2D eigenvalue weighted by molar-refractivity contribution is -0.216. The van der Waals surface area contributed by atoms with Gasteiger partial charge in [0.05, 0.1) is 5.60 Å². The van der Waals surface area contributed by atoms with E-state index < -0.39 is 0 Å². The van der Waals surface area contributed by atoms with Gasteiger partial charge in [0, 0.05) is 6.54 Å². The quantitative estimate of drug-likeness (QED) is 0.467. The van der Waals surface area contributed by atoms with Gasteiger partial charge in [-0.3, -0.25) is 9.63 Å². The molecule has 0 aromatic carbocycles. The predicted octanol–water partition coefficient (Wildman–Crippen LogP) is 1.79. The summed E-state index contributed by atoms with van der Waals surface area (Å²) in [5.41, 5.74) is -0.303. The lowest BCUT2D eigenvalue weighted by atomic mass is 10.2. The Morgan fingerprint density at radius 1 is 1.50 bits per heavy atom. The molecule has 0 unspecified atom stereocenters. The first-order chi connectivity index (χ1) is 5.49. The van der Waals surface area contributed by atoms with Gasteiger partial charge in [0.15, 0.2) is 0 Å². The highest BCUT2D eigenvalue weighted by Gasteiger charge is 2.15. The van der Waals surface area contributed by atoms with Gasteiger partial charge in [-0.1, -0.05) is 13.3 Å². The summed E-state index contributed by atoms with van der Waals surface area (Å²) < 4.78 is 0. The van der Waals surface area contributed by atoms with E-state index in [0.717, 1.165) is 12.8 Å². The highest BCUT2D eigenvalue weighted by Crippen LogP contribution is 2.09. The first kappa shape index (κ1) is 11.4. The summed E-state index contributed by atoms with van der Waals surface area (Å²) >= 11 is 0. The molecule has 12 heavy (non-hydrogen) atoms. The van der Waals surface area contributed by atoms with E-state index in [4.69, 9.17) is 4.84 Å². The molecule has 1 radical (unpaired) electrons. The summed E-state index contributed by atoms with van der Waals surface area (Å²) in [7, 11) is 0. The van der Waals surface area contributed by atoms with Crippen LogP contribution in [0.25, 0.3) is 0 Å². The number of carbonyl (C=O) groups is 1. The molecule has 0 rings (SSSR count). The summed E-state index contributed by atoms with van der Waals surface area (Å²) in [6.07, 6.45) is 2.40. The zero-order valence-corrected chi connectivity index (χ0v) is 8.17. The van der Waals surface area contributed by atoms with E-state index in [2.05, 4.69) is 6.92 Å². The van der Waals surface area contributed by atoms with Gasteiger partial charge in [0.2, 0.25) is 6.41 Å². The SMILES string of the molecule is [CH2]CCCN(C=O)OC(C)(C)C. The Hall–Kier alpha value is -0.570. The van der Waals surface area contributed by atoms with Crippen molar-refractivity contribution < 1.29 is 9.63 Å². The second-order valence-corrected chi connectivity index (χ2v) is 3.66. The van der Waals surface area contributed by atoms with Crippen LogP contribution < -0.4 is 0 Å². The van der Waals surface area contributed by atoms with Crippen LogP contribution in [0.4, 0.5) is 0 Å². The summed E-state index contributed by atoms with van der Waals surface area (Å²) in [5, 5.41) is 1.32. The molecular weight excluding hydrogens is 154 g/mol. The molecule has 0 heterocycles. The van der Waals surface area contributed by atoms with Crippen molar-refractivity contribution >= 4 is 6.41 Å². The van der Waals surface area contributed by atoms with E-state index >= 15 is 0 Å². The number of hydrogen-bond donors (Lipinski definition) is 0. The summed E-state index contributed by atoms with van der Waals surface area (Å²) in [4.78, 5) is 15.8. The van der Waals surface area contributed by atoms with Crippen LogP contribution in [0.1, 0.15) is 33.6 Å². The summed E-state index contributed by atoms with van der Waals surface area (Å²) in [5.74, 6) is 0. The number of amides is 1. The zero-order valence-electron chi connectivity index (χ0n) is 8.17. The standard InChI is InChI=1S/C9H18NO2/c1-5-6-7-10(8-11)12-9(2,3)4/h8H,1,5-7H2,2-4H3. The lowest BCUT2D eigenvalue weighted by Crippen LogP contribution is -2.33. The molecule has 0 aromatic rings. The highest BCUT2D eigenvalue weighted by atomic mass is 16.7. The molecule has 0 bridgehead atoms. The van der Waals surface area contributed by atoms with Crippen molar-refractivity contribution in [1.29, 1.82) is 0 Å². The molecule has 3 nitrogen and oxygen atoms in total. The number of hydrogen-bond acceptors (Lipinski definition) is 2. The van der Waals surface area contributed by atoms with Gasteiger partial charge in [-0.05, 0) is 27.2 Å². The van der Waals surface area contributed by atoms with Crippen LogP contribution in [0.2, 0.25) is 0 Å². The molecule has 0 fully saturated rings. The van der Waals surface area contributed by atoms with Crippen LogP contribution in [0.3, 0.4) is 0 Å². The van der Waals surface area contributed by atoms with Gasteiger partial charge >= 0.3 is 0 Å². The molecule has 0 aliphatic rings. The normalized spacial score (nSPS) is 11.3. The minimum atomic E-state index is -0.303. The van der Waals surface area contributed by atoms with Crippen LogP contribution in [-0.2, 0) is 9.63 Å². The van der Waals surface area contributed by atoms with Crippen molar-refractivity contribution in [2.45, 2.75) is 39.2 Å². The Labute approximate surface area is 74.6 Å². The van der Waals surface area contributed by atoms with Crippen molar-refractivity contribution in [3.05, 3.63) is 6.92 Å². The smallest absolute Gasteiger partial charge is 0.233 e. The van der Waals surface area contributed by atoms with E-state index in [1.165, 1.54) is 5.06 Å². The minimum absolute atomic E-state index is 0.303. The second kappa shape index (κ2) is 5.14. The Balaban J connectivity index is 3.75. The summed E-state index contributed by atoms with van der Waals surface area (Å²) in [6, 6.07) is 0. The average Bonchev–Trinajstić information content (AvgIpc) is 1.95. The molecule has 0 aliphatic heterocycles. The van der Waals surface area contributed by atoms with Crippen molar-refractivity contribution in [3.63, 3.8) is 0 Å². The number of nitrogens with zero attached hydrogens (tertiary/aromatic N) is 1. The maximum Gasteiger partial charge on any atom is 0.233 e. The fourth-order valence-electron chi connectivity index (χ4n) is 0.739. The van der Waals surface area contributed by atoms with Crippen molar-refractivity contribution in [2.75, 3.05) is 6.54 Å². The van der Waals surface area contributed by atoms with E-state index in [1.54, 1.807) is 0 Å². The van der Waals surface area contributed by atoms with Crippen LogP contribution in [0.15, 0.2) is 0 Å². The molecule has 0 N–H and O–H groups in total. The maximum atomic E-state index is 10.5. The Morgan fingerprint density at radius 3 is 2.42 bits per heavy atom. The number of rotatable bonds is 5. The Morgan fingerprint density at radius 2 is 2.08 bits per heavy atom. The zero-order chi connectivity index (χ0) is 9.61. The third-order valence-corrected chi connectivity index (χ3v) is 1.14. The molecule has 3 heteroatoms. The van der Waals surface area contributed by atoms with Gasteiger partial charge in [0.25, 0.3) is 0 Å². The van der Waals surface area contributed by atoms with Crippen LogP contribution in [-0.4, -0.2) is 23.6 Å². The van der Waals surface area contributed by atoms with Gasteiger partial charge < -0.3 is 0 Å². The molecule has 0 aromatic heterocycles. The van der Waals surface area contributed by atoms with E-state index in [9.17, 15) is 4.79 Å². The fourth-order valence-corrected chi connectivity index (χ4v) is 0.739. The van der Waals surface area contributed by atoms with Crippen molar-refractivity contribution in [1.82, 2.24) is 5.06 Å². The molecular formula is C9H18NO2. The molecule has 71 valence electrons. The number of carbonyl (C=O) groups excluding carboxylic acids is 1. The van der Waals surface area contributed by atoms with Gasteiger partial charge in [-0.25, -0.2) is 5.06 Å². The molecule has 0 saturated carbocycles. The third-order valence-electron chi connectivity index (χ3n) is 1.14. The minimum Gasteiger partial charge on any atom is -0.276 e.